The number of hydrogen-bond donors (Lipinski definition) is 2. The van der Waals surface area contributed by atoms with Crippen LogP contribution in [0, 0.1) is 13.8 Å². The number of aryl methyl sites for hydroxylation is 1. The van der Waals surface area contributed by atoms with Crippen molar-refractivity contribution in [3.63, 3.8) is 0 Å². The number of aromatic amines is 1. The number of nitrogens with zero attached hydrogens (tertiary/aromatic N) is 1. The van der Waals surface area contributed by atoms with Crippen molar-refractivity contribution >= 4 is 21.5 Å². The molecular weight excluding hydrogens is 326 g/mol. The molecule has 0 spiro atoms. The molecule has 6 nitrogen and oxygen atoms in total. The van der Waals surface area contributed by atoms with E-state index in [1.54, 1.807) is 18.7 Å². The molecule has 0 saturated carbocycles. The average Bonchev–Trinajstić information content (AvgIpc) is 3.12. The molecule has 0 saturated heterocycles. The second kappa shape index (κ2) is 5.92. The lowest BCUT2D eigenvalue weighted by Gasteiger charge is -2.16. The summed E-state index contributed by atoms with van der Waals surface area (Å²) in [6.45, 7) is 4.18. The number of nitrogens with two attached hydrogens (primary N) is 1. The second-order valence-electron chi connectivity index (χ2n) is 5.91. The van der Waals surface area contributed by atoms with Gasteiger partial charge in [-0.05, 0) is 30.5 Å². The predicted molar refractivity (Wildman–Crippen MR) is 92.0 cm³/mol. The van der Waals surface area contributed by atoms with Gasteiger partial charge in [0.1, 0.15) is 10.6 Å². The van der Waals surface area contributed by atoms with Crippen molar-refractivity contribution in [2.45, 2.75) is 18.7 Å². The summed E-state index contributed by atoms with van der Waals surface area (Å²) in [4.78, 5) is 17.3. The van der Waals surface area contributed by atoms with E-state index in [0.29, 0.717) is 24.3 Å². The Morgan fingerprint density at radius 3 is 2.46 bits per heavy atom. The summed E-state index contributed by atoms with van der Waals surface area (Å²) in [5, 5.41) is 5.24. The van der Waals surface area contributed by atoms with E-state index in [0.717, 1.165) is 11.1 Å². The highest BCUT2D eigenvalue weighted by Gasteiger charge is 2.28. The van der Waals surface area contributed by atoms with Crippen LogP contribution in [0.5, 0.6) is 0 Å². The van der Waals surface area contributed by atoms with E-state index < -0.39 is 10.0 Å². The number of carbonyl (C=O) groups is 1. The minimum absolute atomic E-state index is 0.00119. The lowest BCUT2D eigenvalue weighted by atomic mass is 10.1. The fourth-order valence-electron chi connectivity index (χ4n) is 3.10. The number of amides is 1. The lowest BCUT2D eigenvalue weighted by molar-refractivity contribution is 0.0795. The highest BCUT2D eigenvalue weighted by molar-refractivity contribution is 7.89. The summed E-state index contributed by atoms with van der Waals surface area (Å²) < 4.78 is 23.4. The van der Waals surface area contributed by atoms with Crippen LogP contribution in [-0.2, 0) is 10.0 Å². The summed E-state index contributed by atoms with van der Waals surface area (Å²) in [5.41, 5.74) is 3.19. The Morgan fingerprint density at radius 1 is 1.21 bits per heavy atom. The molecule has 1 aliphatic rings. The van der Waals surface area contributed by atoms with E-state index in [2.05, 4.69) is 4.98 Å². The van der Waals surface area contributed by atoms with E-state index in [-0.39, 0.29) is 16.5 Å². The molecule has 3 rings (SSSR count). The molecule has 1 aliphatic heterocycles. The van der Waals surface area contributed by atoms with Crippen molar-refractivity contribution in [2.24, 2.45) is 5.14 Å². The SMILES string of the molecule is Cc1[nH]c(C(=O)N2CC=C(c3ccccc3)C2)c(C)c1S(N)(=O)=O. The van der Waals surface area contributed by atoms with Crippen LogP contribution in [0.4, 0.5) is 0 Å². The van der Waals surface area contributed by atoms with Crippen molar-refractivity contribution in [1.82, 2.24) is 9.88 Å². The maximum absolute atomic E-state index is 12.8. The molecule has 1 aromatic carbocycles. The number of hydrogen-bond acceptors (Lipinski definition) is 3. The van der Waals surface area contributed by atoms with Crippen LogP contribution in [0.1, 0.15) is 27.3 Å². The molecule has 0 fully saturated rings. The van der Waals surface area contributed by atoms with E-state index in [1.807, 2.05) is 36.4 Å². The fourth-order valence-corrected chi connectivity index (χ4v) is 4.11. The molecule has 2 heterocycles. The molecule has 1 aromatic heterocycles. The molecule has 2 aromatic rings. The van der Waals surface area contributed by atoms with Crippen molar-refractivity contribution < 1.29 is 13.2 Å². The van der Waals surface area contributed by atoms with Gasteiger partial charge in [0, 0.05) is 18.8 Å². The maximum Gasteiger partial charge on any atom is 0.271 e. The highest BCUT2D eigenvalue weighted by atomic mass is 32.2. The van der Waals surface area contributed by atoms with Crippen LogP contribution in [0.2, 0.25) is 0 Å². The van der Waals surface area contributed by atoms with Gasteiger partial charge in [0.15, 0.2) is 0 Å². The molecular formula is C17H19N3O3S. The molecule has 0 bridgehead atoms. The summed E-state index contributed by atoms with van der Waals surface area (Å²) in [6.07, 6.45) is 2.01. The van der Waals surface area contributed by atoms with E-state index in [4.69, 9.17) is 5.14 Å². The molecule has 7 heteroatoms. The summed E-state index contributed by atoms with van der Waals surface area (Å²) in [7, 11) is -3.87. The third kappa shape index (κ3) is 2.88. The predicted octanol–water partition coefficient (Wildman–Crippen LogP) is 1.82. The Kier molecular flexibility index (Phi) is 4.06. The zero-order chi connectivity index (χ0) is 17.5. The summed E-state index contributed by atoms with van der Waals surface area (Å²) in [6, 6.07) is 9.86. The smallest absolute Gasteiger partial charge is 0.271 e. The minimum atomic E-state index is -3.87. The van der Waals surface area contributed by atoms with Gasteiger partial charge in [-0.3, -0.25) is 4.79 Å². The van der Waals surface area contributed by atoms with E-state index in [1.165, 1.54) is 0 Å². The topological polar surface area (TPSA) is 96.3 Å². The van der Waals surface area contributed by atoms with Crippen molar-refractivity contribution in [2.75, 3.05) is 13.1 Å². The average molecular weight is 345 g/mol. The van der Waals surface area contributed by atoms with Crippen LogP contribution in [0.25, 0.3) is 5.57 Å². The highest BCUT2D eigenvalue weighted by Crippen LogP contribution is 2.26. The van der Waals surface area contributed by atoms with Gasteiger partial charge in [0.05, 0.1) is 0 Å². The molecule has 24 heavy (non-hydrogen) atoms. The normalized spacial score (nSPS) is 14.8. The standard InChI is InChI=1S/C17H19N3O3S/c1-11-15(19-12(2)16(11)24(18,22)23)17(21)20-9-8-14(10-20)13-6-4-3-5-7-13/h3-8,19H,9-10H2,1-2H3,(H2,18,22,23). The van der Waals surface area contributed by atoms with Crippen molar-refractivity contribution in [3.8, 4) is 0 Å². The van der Waals surface area contributed by atoms with Gasteiger partial charge >= 0.3 is 0 Å². The summed E-state index contributed by atoms with van der Waals surface area (Å²) >= 11 is 0. The molecule has 1 amide bonds. The van der Waals surface area contributed by atoms with E-state index in [9.17, 15) is 13.2 Å². The monoisotopic (exact) mass is 345 g/mol. The third-order valence-electron chi connectivity index (χ3n) is 4.22. The van der Waals surface area contributed by atoms with Crippen molar-refractivity contribution in [3.05, 3.63) is 58.9 Å². The van der Waals surface area contributed by atoms with Gasteiger partial charge < -0.3 is 9.88 Å². The van der Waals surface area contributed by atoms with Gasteiger partial charge in [-0.15, -0.1) is 0 Å². The number of H-pyrrole nitrogens is 1. The minimum Gasteiger partial charge on any atom is -0.353 e. The van der Waals surface area contributed by atoms with Crippen LogP contribution < -0.4 is 5.14 Å². The van der Waals surface area contributed by atoms with Gasteiger partial charge in [0.25, 0.3) is 5.91 Å². The van der Waals surface area contributed by atoms with Gasteiger partial charge in [-0.1, -0.05) is 36.4 Å². The Bertz CT molecular complexity index is 927. The Hall–Kier alpha value is -2.38. The Labute approximate surface area is 141 Å². The molecule has 0 unspecified atom stereocenters. The Morgan fingerprint density at radius 2 is 1.88 bits per heavy atom. The maximum atomic E-state index is 12.8. The third-order valence-corrected chi connectivity index (χ3v) is 5.40. The van der Waals surface area contributed by atoms with Crippen LogP contribution in [0.15, 0.2) is 41.3 Å². The zero-order valence-corrected chi connectivity index (χ0v) is 14.4. The number of nitrogens with one attached hydrogen (secondary N) is 1. The van der Waals surface area contributed by atoms with Crippen LogP contribution >= 0.6 is 0 Å². The van der Waals surface area contributed by atoms with E-state index >= 15 is 0 Å². The summed E-state index contributed by atoms with van der Waals surface area (Å²) in [5.74, 6) is -0.229. The van der Waals surface area contributed by atoms with Crippen LogP contribution in [0.3, 0.4) is 0 Å². The number of benzene rings is 1. The number of carbonyl (C=O) groups excluding carboxylic acids is 1. The molecule has 126 valence electrons. The molecule has 0 radical (unpaired) electrons. The quantitative estimate of drug-likeness (QED) is 0.888. The fraction of sp³-hybridized carbons (Fsp3) is 0.235. The number of sulfonamides is 1. The Balaban J connectivity index is 1.85. The number of aromatic nitrogens is 1. The van der Waals surface area contributed by atoms with Gasteiger partial charge in [-0.2, -0.15) is 0 Å². The van der Waals surface area contributed by atoms with Crippen molar-refractivity contribution in [1.29, 1.82) is 0 Å². The molecule has 3 N–H and O–H groups in total. The lowest BCUT2D eigenvalue weighted by Crippen LogP contribution is -2.29. The largest absolute Gasteiger partial charge is 0.353 e. The number of primary sulfonamides is 1. The first-order valence-corrected chi connectivity index (χ1v) is 9.09. The second-order valence-corrected chi connectivity index (χ2v) is 7.40. The van der Waals surface area contributed by atoms with Gasteiger partial charge in [-0.25, -0.2) is 13.6 Å². The zero-order valence-electron chi connectivity index (χ0n) is 13.5. The first-order valence-electron chi connectivity index (χ1n) is 7.54. The molecule has 0 atom stereocenters. The van der Waals surface area contributed by atoms with Gasteiger partial charge in [0.2, 0.25) is 10.0 Å². The number of rotatable bonds is 3. The molecule has 0 aliphatic carbocycles. The first-order chi connectivity index (χ1) is 11.3. The first kappa shape index (κ1) is 16.5. The van der Waals surface area contributed by atoms with Crippen LogP contribution in [-0.4, -0.2) is 37.3 Å².